The predicted molar refractivity (Wildman–Crippen MR) is 101 cm³/mol. The summed E-state index contributed by atoms with van der Waals surface area (Å²) < 4.78 is 11.1. The molecule has 0 radical (unpaired) electrons. The number of aryl methyl sites for hydroxylation is 1. The molecule has 2 rings (SSSR count). The lowest BCUT2D eigenvalue weighted by molar-refractivity contribution is -0.118. The van der Waals surface area contributed by atoms with Gasteiger partial charge in [0.15, 0.2) is 6.61 Å². The third-order valence-corrected chi connectivity index (χ3v) is 3.74. The van der Waals surface area contributed by atoms with Crippen LogP contribution >= 0.6 is 0 Å². The zero-order valence-corrected chi connectivity index (χ0v) is 15.1. The fourth-order valence-electron chi connectivity index (χ4n) is 2.36. The molecule has 0 aliphatic heterocycles. The third kappa shape index (κ3) is 6.87. The maximum atomic E-state index is 12.0. The van der Waals surface area contributed by atoms with Crippen molar-refractivity contribution in [3.8, 4) is 11.5 Å². The van der Waals surface area contributed by atoms with Crippen LogP contribution in [0.1, 0.15) is 38.7 Å². The molecule has 0 fully saturated rings. The molecule has 0 aromatic heterocycles. The highest BCUT2D eigenvalue weighted by Gasteiger charge is 2.04. The van der Waals surface area contributed by atoms with Gasteiger partial charge < -0.3 is 14.8 Å². The van der Waals surface area contributed by atoms with Crippen molar-refractivity contribution in [3.63, 3.8) is 0 Å². The van der Waals surface area contributed by atoms with E-state index in [1.54, 1.807) is 0 Å². The standard InChI is InChI=1S/C21H27NO3/c1-3-5-15-24-19-13-9-18(10-14-19)22-21(23)16-25-20-11-7-17(6-4-2)8-12-20/h7-14H,3-6,15-16H2,1-2H3,(H,22,23). The van der Waals surface area contributed by atoms with Crippen LogP contribution in [-0.4, -0.2) is 19.1 Å². The number of rotatable bonds is 10. The van der Waals surface area contributed by atoms with Crippen molar-refractivity contribution in [1.29, 1.82) is 0 Å². The molecular weight excluding hydrogens is 314 g/mol. The van der Waals surface area contributed by atoms with Crippen LogP contribution in [0.4, 0.5) is 5.69 Å². The van der Waals surface area contributed by atoms with Gasteiger partial charge in [-0.2, -0.15) is 0 Å². The highest BCUT2D eigenvalue weighted by atomic mass is 16.5. The number of hydrogen-bond acceptors (Lipinski definition) is 3. The number of amides is 1. The lowest BCUT2D eigenvalue weighted by atomic mass is 10.1. The van der Waals surface area contributed by atoms with Crippen LogP contribution in [0.15, 0.2) is 48.5 Å². The summed E-state index contributed by atoms with van der Waals surface area (Å²) in [5, 5.41) is 2.82. The SMILES string of the molecule is CCCCOc1ccc(NC(=O)COc2ccc(CCC)cc2)cc1. The Labute approximate surface area is 150 Å². The molecule has 1 N–H and O–H groups in total. The minimum Gasteiger partial charge on any atom is -0.494 e. The predicted octanol–water partition coefficient (Wildman–Crippen LogP) is 4.84. The first-order valence-corrected chi connectivity index (χ1v) is 8.95. The fourth-order valence-corrected chi connectivity index (χ4v) is 2.36. The van der Waals surface area contributed by atoms with E-state index in [-0.39, 0.29) is 12.5 Å². The monoisotopic (exact) mass is 341 g/mol. The molecule has 0 unspecified atom stereocenters. The molecule has 0 spiro atoms. The summed E-state index contributed by atoms with van der Waals surface area (Å²) in [5.74, 6) is 1.34. The zero-order chi connectivity index (χ0) is 17.9. The maximum Gasteiger partial charge on any atom is 0.262 e. The molecule has 1 amide bonds. The Morgan fingerprint density at radius 2 is 1.52 bits per heavy atom. The molecule has 0 bridgehead atoms. The Hall–Kier alpha value is -2.49. The second kappa shape index (κ2) is 10.4. The van der Waals surface area contributed by atoms with Crippen LogP contribution in [0, 0.1) is 0 Å². The van der Waals surface area contributed by atoms with Crippen molar-refractivity contribution < 1.29 is 14.3 Å². The van der Waals surface area contributed by atoms with Gasteiger partial charge >= 0.3 is 0 Å². The molecule has 0 atom stereocenters. The number of anilines is 1. The molecule has 134 valence electrons. The van der Waals surface area contributed by atoms with Crippen LogP contribution in [0.3, 0.4) is 0 Å². The Balaban J connectivity index is 1.75. The van der Waals surface area contributed by atoms with Crippen LogP contribution < -0.4 is 14.8 Å². The summed E-state index contributed by atoms with van der Waals surface area (Å²) in [4.78, 5) is 12.0. The van der Waals surface area contributed by atoms with Gasteiger partial charge in [0.05, 0.1) is 6.61 Å². The summed E-state index contributed by atoms with van der Waals surface area (Å²) in [7, 11) is 0. The lowest BCUT2D eigenvalue weighted by Crippen LogP contribution is -2.20. The smallest absolute Gasteiger partial charge is 0.262 e. The van der Waals surface area contributed by atoms with Gasteiger partial charge in [0, 0.05) is 5.69 Å². The largest absolute Gasteiger partial charge is 0.494 e. The molecule has 2 aromatic rings. The van der Waals surface area contributed by atoms with E-state index in [0.717, 1.165) is 37.1 Å². The molecule has 2 aromatic carbocycles. The number of carbonyl (C=O) groups excluding carboxylic acids is 1. The zero-order valence-electron chi connectivity index (χ0n) is 15.1. The number of ether oxygens (including phenoxy) is 2. The second-order valence-corrected chi connectivity index (χ2v) is 5.96. The molecule has 0 saturated heterocycles. The summed E-state index contributed by atoms with van der Waals surface area (Å²) >= 11 is 0. The van der Waals surface area contributed by atoms with E-state index in [1.807, 2.05) is 48.5 Å². The number of carbonyl (C=O) groups is 1. The minimum absolute atomic E-state index is 0.0120. The summed E-state index contributed by atoms with van der Waals surface area (Å²) in [6.07, 6.45) is 4.31. The quantitative estimate of drug-likeness (QED) is 0.629. The van der Waals surface area contributed by atoms with Crippen LogP contribution in [-0.2, 0) is 11.2 Å². The van der Waals surface area contributed by atoms with Crippen molar-refractivity contribution >= 4 is 11.6 Å². The van der Waals surface area contributed by atoms with Crippen molar-refractivity contribution in [2.75, 3.05) is 18.5 Å². The summed E-state index contributed by atoms with van der Waals surface area (Å²) in [6, 6.07) is 15.3. The first-order chi connectivity index (χ1) is 12.2. The summed E-state index contributed by atoms with van der Waals surface area (Å²) in [5.41, 5.74) is 2.01. The number of hydrogen-bond donors (Lipinski definition) is 1. The van der Waals surface area contributed by atoms with E-state index in [0.29, 0.717) is 12.4 Å². The average molecular weight is 341 g/mol. The normalized spacial score (nSPS) is 10.3. The molecular formula is C21H27NO3. The summed E-state index contributed by atoms with van der Waals surface area (Å²) in [6.45, 7) is 4.98. The van der Waals surface area contributed by atoms with Gasteiger partial charge in [-0.3, -0.25) is 4.79 Å². The van der Waals surface area contributed by atoms with Gasteiger partial charge in [0.1, 0.15) is 11.5 Å². The van der Waals surface area contributed by atoms with E-state index in [9.17, 15) is 4.79 Å². The van der Waals surface area contributed by atoms with Gasteiger partial charge in [-0.1, -0.05) is 38.8 Å². The Kier molecular flexibility index (Phi) is 7.83. The van der Waals surface area contributed by atoms with E-state index < -0.39 is 0 Å². The topological polar surface area (TPSA) is 47.6 Å². The molecule has 0 heterocycles. The average Bonchev–Trinajstić information content (AvgIpc) is 2.63. The highest BCUT2D eigenvalue weighted by molar-refractivity contribution is 5.91. The van der Waals surface area contributed by atoms with Gasteiger partial charge in [0.25, 0.3) is 5.91 Å². The van der Waals surface area contributed by atoms with Crippen LogP contribution in [0.5, 0.6) is 11.5 Å². The van der Waals surface area contributed by atoms with E-state index in [2.05, 4.69) is 19.2 Å². The highest BCUT2D eigenvalue weighted by Crippen LogP contribution is 2.17. The molecule has 4 heteroatoms. The minimum atomic E-state index is -0.183. The molecule has 0 aliphatic rings. The fraction of sp³-hybridized carbons (Fsp3) is 0.381. The third-order valence-electron chi connectivity index (χ3n) is 3.74. The van der Waals surface area contributed by atoms with Crippen molar-refractivity contribution in [3.05, 3.63) is 54.1 Å². The van der Waals surface area contributed by atoms with E-state index in [1.165, 1.54) is 5.56 Å². The Morgan fingerprint density at radius 3 is 2.16 bits per heavy atom. The maximum absolute atomic E-state index is 12.0. The van der Waals surface area contributed by atoms with Crippen LogP contribution in [0.25, 0.3) is 0 Å². The molecule has 4 nitrogen and oxygen atoms in total. The van der Waals surface area contributed by atoms with Gasteiger partial charge in [0.2, 0.25) is 0 Å². The van der Waals surface area contributed by atoms with Gasteiger partial charge in [-0.25, -0.2) is 0 Å². The molecule has 0 aliphatic carbocycles. The second-order valence-electron chi connectivity index (χ2n) is 5.96. The molecule has 25 heavy (non-hydrogen) atoms. The first-order valence-electron chi connectivity index (χ1n) is 8.95. The van der Waals surface area contributed by atoms with Crippen LogP contribution in [0.2, 0.25) is 0 Å². The number of unbranched alkanes of at least 4 members (excludes halogenated alkanes) is 1. The number of nitrogens with one attached hydrogen (secondary N) is 1. The Morgan fingerprint density at radius 1 is 0.880 bits per heavy atom. The van der Waals surface area contributed by atoms with E-state index >= 15 is 0 Å². The van der Waals surface area contributed by atoms with Gasteiger partial charge in [-0.15, -0.1) is 0 Å². The number of benzene rings is 2. The first kappa shape index (κ1) is 18.8. The Bertz CT molecular complexity index is 635. The van der Waals surface area contributed by atoms with Crippen molar-refractivity contribution in [1.82, 2.24) is 0 Å². The van der Waals surface area contributed by atoms with E-state index in [4.69, 9.17) is 9.47 Å². The molecule has 0 saturated carbocycles. The van der Waals surface area contributed by atoms with Gasteiger partial charge in [-0.05, 0) is 54.8 Å². The van der Waals surface area contributed by atoms with Crippen molar-refractivity contribution in [2.24, 2.45) is 0 Å². The lowest BCUT2D eigenvalue weighted by Gasteiger charge is -2.09. The van der Waals surface area contributed by atoms with Crippen molar-refractivity contribution in [2.45, 2.75) is 39.5 Å².